The molecule has 3 aliphatic heterocycles. The summed E-state index contributed by atoms with van der Waals surface area (Å²) in [7, 11) is 1.57. The fourth-order valence-electron chi connectivity index (χ4n) is 5.22. The molecule has 3 saturated heterocycles. The van der Waals surface area contributed by atoms with Gasteiger partial charge < -0.3 is 19.1 Å². The highest BCUT2D eigenvalue weighted by Gasteiger charge is 2.44. The molecule has 1 aromatic rings. The van der Waals surface area contributed by atoms with Crippen LogP contribution in [-0.4, -0.2) is 44.8 Å². The smallest absolute Gasteiger partial charge is 0.313 e. The maximum atomic E-state index is 12.9. The van der Waals surface area contributed by atoms with E-state index in [4.69, 9.17) is 14.2 Å². The van der Waals surface area contributed by atoms with E-state index in [0.29, 0.717) is 24.3 Å². The number of methoxy groups -OCH3 is 1. The van der Waals surface area contributed by atoms with E-state index < -0.39 is 12.0 Å². The molecule has 4 rings (SSSR count). The van der Waals surface area contributed by atoms with Gasteiger partial charge in [0.15, 0.2) is 0 Å². The Bertz CT molecular complexity index is 719. The molecule has 3 aliphatic rings. The Balaban J connectivity index is 1.42. The zero-order chi connectivity index (χ0) is 19.5. The van der Waals surface area contributed by atoms with Crippen molar-refractivity contribution >= 4 is 11.9 Å². The summed E-state index contributed by atoms with van der Waals surface area (Å²) >= 11 is 0. The molecule has 1 N–H and O–H groups in total. The summed E-state index contributed by atoms with van der Waals surface area (Å²) in [6.45, 7) is 2.95. The van der Waals surface area contributed by atoms with Crippen molar-refractivity contribution in [3.05, 3.63) is 29.8 Å². The number of rotatable bonds is 5. The molecule has 3 heterocycles. The zero-order valence-electron chi connectivity index (χ0n) is 16.5. The van der Waals surface area contributed by atoms with Crippen molar-refractivity contribution in [2.75, 3.05) is 26.8 Å². The lowest BCUT2D eigenvalue weighted by Crippen LogP contribution is -3.18. The predicted molar refractivity (Wildman–Crippen MR) is 102 cm³/mol. The number of carbonyl (C=O) groups is 2. The Kier molecular flexibility index (Phi) is 5.85. The van der Waals surface area contributed by atoms with Gasteiger partial charge >= 0.3 is 11.9 Å². The van der Waals surface area contributed by atoms with E-state index in [-0.39, 0.29) is 18.4 Å². The SMILES string of the molecule is COc1ccccc1[C@H]1OC(=O)C[C@H]1C(=O)OC[C@@H]1CCC[NH+]2CCCC[C@H]12. The Morgan fingerprint density at radius 3 is 2.86 bits per heavy atom. The third-order valence-corrected chi connectivity index (χ3v) is 6.63. The molecule has 1 unspecified atom stereocenters. The number of hydrogen-bond acceptors (Lipinski definition) is 5. The quantitative estimate of drug-likeness (QED) is 0.778. The topological polar surface area (TPSA) is 66.3 Å². The molecule has 5 atom stereocenters. The van der Waals surface area contributed by atoms with Gasteiger partial charge in [0.05, 0.1) is 39.3 Å². The second-order valence-electron chi connectivity index (χ2n) is 8.26. The van der Waals surface area contributed by atoms with Gasteiger partial charge in [-0.25, -0.2) is 0 Å². The number of esters is 2. The highest BCUT2D eigenvalue weighted by molar-refractivity contribution is 5.84. The van der Waals surface area contributed by atoms with Crippen LogP contribution in [0.3, 0.4) is 0 Å². The fourth-order valence-corrected chi connectivity index (χ4v) is 5.22. The molecule has 0 radical (unpaired) electrons. The monoisotopic (exact) mass is 388 g/mol. The summed E-state index contributed by atoms with van der Waals surface area (Å²) < 4.78 is 16.6. The van der Waals surface area contributed by atoms with Crippen molar-refractivity contribution in [3.8, 4) is 5.75 Å². The molecule has 6 heteroatoms. The number of ether oxygens (including phenoxy) is 3. The van der Waals surface area contributed by atoms with Crippen molar-refractivity contribution in [2.24, 2.45) is 11.8 Å². The normalized spacial score (nSPS) is 32.3. The molecule has 3 fully saturated rings. The molecule has 6 nitrogen and oxygen atoms in total. The first-order valence-corrected chi connectivity index (χ1v) is 10.5. The molecule has 0 aliphatic carbocycles. The highest BCUT2D eigenvalue weighted by atomic mass is 16.6. The minimum Gasteiger partial charge on any atom is -0.496 e. The predicted octanol–water partition coefficient (Wildman–Crippen LogP) is 1.69. The molecule has 28 heavy (non-hydrogen) atoms. The van der Waals surface area contributed by atoms with Crippen LogP contribution >= 0.6 is 0 Å². The summed E-state index contributed by atoms with van der Waals surface area (Å²) in [6, 6.07) is 7.98. The average Bonchev–Trinajstić information content (AvgIpc) is 3.13. The average molecular weight is 388 g/mol. The van der Waals surface area contributed by atoms with E-state index in [0.717, 1.165) is 12.0 Å². The van der Waals surface area contributed by atoms with Gasteiger partial charge in [-0.15, -0.1) is 0 Å². The van der Waals surface area contributed by atoms with E-state index in [1.54, 1.807) is 12.0 Å². The Morgan fingerprint density at radius 1 is 1.18 bits per heavy atom. The minimum atomic E-state index is -0.640. The van der Waals surface area contributed by atoms with Crippen molar-refractivity contribution in [1.82, 2.24) is 0 Å². The van der Waals surface area contributed by atoms with Crippen LogP contribution in [0.15, 0.2) is 24.3 Å². The van der Waals surface area contributed by atoms with Gasteiger partial charge in [-0.05, 0) is 38.2 Å². The van der Waals surface area contributed by atoms with Crippen LogP contribution in [0.1, 0.15) is 50.2 Å². The van der Waals surface area contributed by atoms with Crippen LogP contribution in [0.2, 0.25) is 0 Å². The molecule has 0 spiro atoms. The standard InChI is InChI=1S/C22H29NO5/c1-26-19-10-3-2-8-16(19)21-17(13-20(24)28-21)22(25)27-14-15-7-6-12-23-11-5-4-9-18(15)23/h2-3,8,10,15,17-18,21H,4-7,9,11-14H2,1H3/p+1/t15-,17+,18+,21+/m0/s1. The van der Waals surface area contributed by atoms with Crippen molar-refractivity contribution < 1.29 is 28.7 Å². The zero-order valence-corrected chi connectivity index (χ0v) is 16.5. The molecular weight excluding hydrogens is 358 g/mol. The van der Waals surface area contributed by atoms with Gasteiger partial charge in [-0.2, -0.15) is 0 Å². The molecule has 0 aromatic heterocycles. The fraction of sp³-hybridized carbons (Fsp3) is 0.636. The second-order valence-corrected chi connectivity index (χ2v) is 8.26. The van der Waals surface area contributed by atoms with Gasteiger partial charge in [0.1, 0.15) is 17.8 Å². The first-order chi connectivity index (χ1) is 13.7. The highest BCUT2D eigenvalue weighted by Crippen LogP contribution is 2.40. The van der Waals surface area contributed by atoms with E-state index in [2.05, 4.69) is 0 Å². The summed E-state index contributed by atoms with van der Waals surface area (Å²) in [4.78, 5) is 26.5. The molecular formula is C22H30NO5+. The van der Waals surface area contributed by atoms with Crippen LogP contribution in [0, 0.1) is 11.8 Å². The number of quaternary nitrogens is 1. The first kappa shape index (κ1) is 19.2. The lowest BCUT2D eigenvalue weighted by atomic mass is 9.84. The van der Waals surface area contributed by atoms with Crippen molar-refractivity contribution in [2.45, 2.75) is 50.7 Å². The summed E-state index contributed by atoms with van der Waals surface area (Å²) in [5, 5.41) is 0. The van der Waals surface area contributed by atoms with Gasteiger partial charge in [0.25, 0.3) is 0 Å². The molecule has 0 bridgehead atoms. The molecule has 0 saturated carbocycles. The maximum Gasteiger partial charge on any atom is 0.313 e. The third-order valence-electron chi connectivity index (χ3n) is 6.63. The minimum absolute atomic E-state index is 0.0625. The summed E-state index contributed by atoms with van der Waals surface area (Å²) in [6.07, 6.45) is 5.55. The number of carbonyl (C=O) groups excluding carboxylic acids is 2. The lowest BCUT2D eigenvalue weighted by molar-refractivity contribution is -0.940. The molecule has 1 aromatic carbocycles. The lowest BCUT2D eigenvalue weighted by Gasteiger charge is -2.41. The van der Waals surface area contributed by atoms with E-state index in [1.807, 2.05) is 24.3 Å². The first-order valence-electron chi connectivity index (χ1n) is 10.5. The van der Waals surface area contributed by atoms with Gasteiger partial charge in [0.2, 0.25) is 0 Å². The Hall–Kier alpha value is -2.08. The number of para-hydroxylation sites is 1. The largest absolute Gasteiger partial charge is 0.496 e. The second kappa shape index (κ2) is 8.52. The van der Waals surface area contributed by atoms with Crippen LogP contribution in [0.4, 0.5) is 0 Å². The Labute approximate surface area is 166 Å². The number of hydrogen-bond donors (Lipinski definition) is 1. The van der Waals surface area contributed by atoms with E-state index >= 15 is 0 Å². The van der Waals surface area contributed by atoms with Gasteiger partial charge in [-0.1, -0.05) is 18.2 Å². The molecule has 0 amide bonds. The maximum absolute atomic E-state index is 12.9. The number of piperidine rings is 2. The van der Waals surface area contributed by atoms with Crippen LogP contribution < -0.4 is 9.64 Å². The molecule has 152 valence electrons. The van der Waals surface area contributed by atoms with Crippen LogP contribution in [0.25, 0.3) is 0 Å². The van der Waals surface area contributed by atoms with E-state index in [1.165, 1.54) is 38.8 Å². The number of benzene rings is 1. The van der Waals surface area contributed by atoms with Gasteiger partial charge in [-0.3, -0.25) is 9.59 Å². The third kappa shape index (κ3) is 3.88. The van der Waals surface area contributed by atoms with Crippen molar-refractivity contribution in [1.29, 1.82) is 0 Å². The van der Waals surface area contributed by atoms with Crippen molar-refractivity contribution in [3.63, 3.8) is 0 Å². The van der Waals surface area contributed by atoms with Crippen LogP contribution in [0.5, 0.6) is 5.75 Å². The summed E-state index contributed by atoms with van der Waals surface area (Å²) in [5.74, 6) is -0.255. The Morgan fingerprint density at radius 2 is 2.00 bits per heavy atom. The number of nitrogens with one attached hydrogen (secondary N) is 1. The van der Waals surface area contributed by atoms with Gasteiger partial charge in [0, 0.05) is 11.5 Å². The number of fused-ring (bicyclic) bond motifs is 1. The van der Waals surface area contributed by atoms with Crippen LogP contribution in [-0.2, 0) is 19.1 Å². The van der Waals surface area contributed by atoms with E-state index in [9.17, 15) is 9.59 Å². The number of cyclic esters (lactones) is 1. The summed E-state index contributed by atoms with van der Waals surface area (Å²) in [5.41, 5.74) is 0.721.